The fraction of sp³-hybridized carbons (Fsp3) is 0.400. The van der Waals surface area contributed by atoms with Crippen molar-refractivity contribution >= 4 is 10.0 Å². The van der Waals surface area contributed by atoms with Crippen LogP contribution in [0, 0.1) is 6.92 Å². The molecule has 0 amide bonds. The molecule has 0 aromatic heterocycles. The van der Waals surface area contributed by atoms with Crippen LogP contribution in [0.25, 0.3) is 0 Å². The third kappa shape index (κ3) is 3.30. The van der Waals surface area contributed by atoms with Crippen molar-refractivity contribution in [1.29, 1.82) is 0 Å². The summed E-state index contributed by atoms with van der Waals surface area (Å²) in [6.45, 7) is 6.25. The van der Waals surface area contributed by atoms with Gasteiger partial charge in [0.1, 0.15) is 0 Å². The SMILES string of the molecule is CCOC1(CC)OC[C@@H](c2ccccc2)N1S(=O)(=O)c1ccc(C)cc1. The Kier molecular flexibility index (Phi) is 5.48. The van der Waals surface area contributed by atoms with Gasteiger partial charge in [-0.3, -0.25) is 0 Å². The average molecular weight is 375 g/mol. The van der Waals surface area contributed by atoms with Crippen molar-refractivity contribution in [3.63, 3.8) is 0 Å². The van der Waals surface area contributed by atoms with Crippen LogP contribution in [0.1, 0.15) is 37.4 Å². The lowest BCUT2D eigenvalue weighted by Crippen LogP contribution is -2.50. The monoisotopic (exact) mass is 375 g/mol. The van der Waals surface area contributed by atoms with Crippen LogP contribution >= 0.6 is 0 Å². The predicted molar refractivity (Wildman–Crippen MR) is 100.0 cm³/mol. The van der Waals surface area contributed by atoms with E-state index in [2.05, 4.69) is 0 Å². The van der Waals surface area contributed by atoms with E-state index in [1.807, 2.05) is 51.1 Å². The van der Waals surface area contributed by atoms with Gasteiger partial charge in [-0.2, -0.15) is 0 Å². The van der Waals surface area contributed by atoms with Gasteiger partial charge in [0.2, 0.25) is 15.9 Å². The minimum atomic E-state index is -3.81. The van der Waals surface area contributed by atoms with Crippen molar-refractivity contribution in [3.05, 3.63) is 65.7 Å². The third-order valence-electron chi connectivity index (χ3n) is 4.66. The summed E-state index contributed by atoms with van der Waals surface area (Å²) in [5, 5.41) is 0. The molecule has 0 aliphatic carbocycles. The van der Waals surface area contributed by atoms with Gasteiger partial charge in [-0.05, 0) is 31.5 Å². The van der Waals surface area contributed by atoms with E-state index in [9.17, 15) is 8.42 Å². The average Bonchev–Trinajstić information content (AvgIpc) is 3.04. The van der Waals surface area contributed by atoms with Gasteiger partial charge in [-0.25, -0.2) is 8.42 Å². The molecular weight excluding hydrogens is 350 g/mol. The van der Waals surface area contributed by atoms with Crippen molar-refractivity contribution in [2.45, 2.75) is 44.0 Å². The number of rotatable bonds is 6. The number of benzene rings is 2. The maximum atomic E-state index is 13.5. The molecule has 0 N–H and O–H groups in total. The summed E-state index contributed by atoms with van der Waals surface area (Å²) in [4.78, 5) is 0.243. The number of hydrogen-bond acceptors (Lipinski definition) is 4. The molecule has 2 aromatic rings. The molecule has 0 radical (unpaired) electrons. The third-order valence-corrected chi connectivity index (χ3v) is 6.58. The normalized spacial score (nSPS) is 24.0. The van der Waals surface area contributed by atoms with Crippen LogP contribution in [0.5, 0.6) is 0 Å². The summed E-state index contributed by atoms with van der Waals surface area (Å²) in [6, 6.07) is 16.0. The first-order valence-electron chi connectivity index (χ1n) is 8.88. The fourth-order valence-corrected chi connectivity index (χ4v) is 5.18. The summed E-state index contributed by atoms with van der Waals surface area (Å²) in [5.74, 6) is -1.29. The highest BCUT2D eigenvalue weighted by atomic mass is 32.2. The standard InChI is InChI=1S/C20H25NO4S/c1-4-20(24-5-2)21(19(15-25-20)17-9-7-6-8-10-17)26(22,23)18-13-11-16(3)12-14-18/h6-14,19H,4-5,15H2,1-3H3/t19-,20?/m0/s1. The highest BCUT2D eigenvalue weighted by Gasteiger charge is 2.54. The van der Waals surface area contributed by atoms with Crippen LogP contribution in [0.4, 0.5) is 0 Å². The summed E-state index contributed by atoms with van der Waals surface area (Å²) in [5.41, 5.74) is 1.89. The highest BCUT2D eigenvalue weighted by Crippen LogP contribution is 2.44. The van der Waals surface area contributed by atoms with Gasteiger partial charge in [0, 0.05) is 13.0 Å². The lowest BCUT2D eigenvalue weighted by atomic mass is 10.1. The largest absolute Gasteiger partial charge is 0.337 e. The Morgan fingerprint density at radius 1 is 1.12 bits per heavy atom. The summed E-state index contributed by atoms with van der Waals surface area (Å²) < 4.78 is 40.3. The molecule has 0 bridgehead atoms. The molecule has 0 spiro atoms. The van der Waals surface area contributed by atoms with Gasteiger partial charge in [0.15, 0.2) is 0 Å². The molecule has 26 heavy (non-hydrogen) atoms. The van der Waals surface area contributed by atoms with Crippen LogP contribution in [0.3, 0.4) is 0 Å². The number of ether oxygens (including phenoxy) is 2. The van der Waals surface area contributed by atoms with E-state index in [1.165, 1.54) is 4.31 Å². The van der Waals surface area contributed by atoms with E-state index in [4.69, 9.17) is 9.47 Å². The molecular formula is C20H25NO4S. The Hall–Kier alpha value is -1.73. The van der Waals surface area contributed by atoms with E-state index in [-0.39, 0.29) is 11.5 Å². The first-order chi connectivity index (χ1) is 12.4. The number of nitrogens with zero attached hydrogens (tertiary/aromatic N) is 1. The molecule has 1 saturated heterocycles. The molecule has 2 aromatic carbocycles. The van der Waals surface area contributed by atoms with E-state index in [1.54, 1.807) is 24.3 Å². The van der Waals surface area contributed by atoms with E-state index in [0.717, 1.165) is 11.1 Å². The van der Waals surface area contributed by atoms with E-state index >= 15 is 0 Å². The molecule has 1 aliphatic heterocycles. The van der Waals surface area contributed by atoms with Gasteiger partial charge in [0.05, 0.1) is 17.5 Å². The van der Waals surface area contributed by atoms with Crippen molar-refractivity contribution in [2.75, 3.05) is 13.2 Å². The molecule has 3 rings (SSSR count). The van der Waals surface area contributed by atoms with Crippen LogP contribution in [-0.4, -0.2) is 31.8 Å². The fourth-order valence-electron chi connectivity index (χ4n) is 3.35. The van der Waals surface area contributed by atoms with Gasteiger partial charge < -0.3 is 9.47 Å². The second kappa shape index (κ2) is 7.48. The van der Waals surface area contributed by atoms with E-state index in [0.29, 0.717) is 13.0 Å². The van der Waals surface area contributed by atoms with Crippen LogP contribution < -0.4 is 0 Å². The smallest absolute Gasteiger partial charge is 0.248 e. The van der Waals surface area contributed by atoms with Crippen LogP contribution in [0.2, 0.25) is 0 Å². The maximum absolute atomic E-state index is 13.5. The Balaban J connectivity index is 2.13. The molecule has 6 heteroatoms. The number of hydrogen-bond donors (Lipinski definition) is 0. The quantitative estimate of drug-likeness (QED) is 0.769. The lowest BCUT2D eigenvalue weighted by molar-refractivity contribution is -0.254. The lowest BCUT2D eigenvalue weighted by Gasteiger charge is -2.36. The summed E-state index contributed by atoms with van der Waals surface area (Å²) >= 11 is 0. The Morgan fingerprint density at radius 3 is 2.35 bits per heavy atom. The zero-order valence-corrected chi connectivity index (χ0v) is 16.2. The molecule has 140 valence electrons. The first-order valence-corrected chi connectivity index (χ1v) is 10.3. The predicted octanol–water partition coefficient (Wildman–Crippen LogP) is 3.86. The van der Waals surface area contributed by atoms with Crippen molar-refractivity contribution < 1.29 is 17.9 Å². The van der Waals surface area contributed by atoms with Gasteiger partial charge in [0.25, 0.3) is 0 Å². The zero-order chi connectivity index (χ0) is 18.8. The number of sulfonamides is 1. The van der Waals surface area contributed by atoms with Crippen LogP contribution in [0.15, 0.2) is 59.5 Å². The summed E-state index contributed by atoms with van der Waals surface area (Å²) in [7, 11) is -3.81. The number of aryl methyl sites for hydroxylation is 1. The topological polar surface area (TPSA) is 55.8 Å². The molecule has 1 unspecified atom stereocenters. The van der Waals surface area contributed by atoms with Gasteiger partial charge in [-0.1, -0.05) is 55.0 Å². The Labute approximate surface area is 155 Å². The summed E-state index contributed by atoms with van der Waals surface area (Å²) in [6.07, 6.45) is 0.398. The molecule has 1 fully saturated rings. The molecule has 5 nitrogen and oxygen atoms in total. The molecule has 1 heterocycles. The van der Waals surface area contributed by atoms with Gasteiger partial charge in [-0.15, -0.1) is 4.31 Å². The minimum absolute atomic E-state index is 0.243. The van der Waals surface area contributed by atoms with Crippen molar-refractivity contribution in [2.24, 2.45) is 0 Å². The Bertz CT molecular complexity index is 836. The zero-order valence-electron chi connectivity index (χ0n) is 15.4. The van der Waals surface area contributed by atoms with Gasteiger partial charge >= 0.3 is 0 Å². The second-order valence-corrected chi connectivity index (χ2v) is 8.17. The molecule has 0 saturated carbocycles. The maximum Gasteiger partial charge on any atom is 0.248 e. The Morgan fingerprint density at radius 2 is 1.77 bits per heavy atom. The first kappa shape index (κ1) is 19.0. The van der Waals surface area contributed by atoms with Crippen LogP contribution in [-0.2, 0) is 19.5 Å². The van der Waals surface area contributed by atoms with Crippen molar-refractivity contribution in [1.82, 2.24) is 4.31 Å². The van der Waals surface area contributed by atoms with E-state index < -0.39 is 22.0 Å². The second-order valence-electron chi connectivity index (χ2n) is 6.35. The molecule has 2 atom stereocenters. The molecule has 1 aliphatic rings. The minimum Gasteiger partial charge on any atom is -0.337 e. The highest BCUT2D eigenvalue weighted by molar-refractivity contribution is 7.89. The van der Waals surface area contributed by atoms with Crippen molar-refractivity contribution in [3.8, 4) is 0 Å².